The maximum atomic E-state index is 11.9. The number of carbonyl (C=O) groups excluding carboxylic acids is 2. The van der Waals surface area contributed by atoms with Gasteiger partial charge in [0, 0.05) is 0 Å². The van der Waals surface area contributed by atoms with Crippen LogP contribution in [0.15, 0.2) is 23.3 Å². The molecule has 0 amide bonds. The van der Waals surface area contributed by atoms with E-state index in [9.17, 15) is 9.59 Å². The van der Waals surface area contributed by atoms with Crippen molar-refractivity contribution in [3.8, 4) is 0 Å². The van der Waals surface area contributed by atoms with E-state index in [1.54, 1.807) is 27.7 Å². The van der Waals surface area contributed by atoms with Crippen LogP contribution in [0.1, 0.15) is 40.5 Å². The van der Waals surface area contributed by atoms with Crippen molar-refractivity contribution >= 4 is 11.9 Å². The summed E-state index contributed by atoms with van der Waals surface area (Å²) >= 11 is 0. The van der Waals surface area contributed by atoms with Crippen molar-refractivity contribution in [3.63, 3.8) is 0 Å². The number of hydrogen-bond donors (Lipinski definition) is 0. The van der Waals surface area contributed by atoms with E-state index in [4.69, 9.17) is 9.47 Å². The molecule has 0 aromatic carbocycles. The topological polar surface area (TPSA) is 52.6 Å². The van der Waals surface area contributed by atoms with Gasteiger partial charge in [0.1, 0.15) is 0 Å². The summed E-state index contributed by atoms with van der Waals surface area (Å²) < 4.78 is 10.3. The largest absolute Gasteiger partial charge is 0.460 e. The van der Waals surface area contributed by atoms with Crippen LogP contribution in [0.5, 0.6) is 0 Å². The fourth-order valence-electron chi connectivity index (χ4n) is 1.63. The molecule has 0 fully saturated rings. The van der Waals surface area contributed by atoms with E-state index in [0.717, 1.165) is 0 Å². The summed E-state index contributed by atoms with van der Waals surface area (Å²) in [4.78, 5) is 23.8. The zero-order valence-electron chi connectivity index (χ0n) is 11.4. The third-order valence-electron chi connectivity index (χ3n) is 2.35. The van der Waals surface area contributed by atoms with Crippen LogP contribution in [-0.2, 0) is 19.1 Å². The quantitative estimate of drug-likeness (QED) is 0.570. The molecule has 18 heavy (non-hydrogen) atoms. The maximum absolute atomic E-state index is 11.9. The molecule has 1 rings (SSSR count). The SMILES string of the molecule is CC(C)OC(=O)C1=C(C(=O)OC(C)C)CC=CC1. The Bertz CT molecular complexity index is 353. The van der Waals surface area contributed by atoms with Crippen LogP contribution in [0, 0.1) is 0 Å². The molecule has 0 aromatic rings. The molecule has 0 bridgehead atoms. The highest BCUT2D eigenvalue weighted by molar-refractivity contribution is 6.01. The summed E-state index contributed by atoms with van der Waals surface area (Å²) in [6.45, 7) is 7.12. The van der Waals surface area contributed by atoms with E-state index in [1.807, 2.05) is 12.2 Å². The van der Waals surface area contributed by atoms with Gasteiger partial charge in [-0.05, 0) is 40.5 Å². The smallest absolute Gasteiger partial charge is 0.335 e. The highest BCUT2D eigenvalue weighted by Gasteiger charge is 2.24. The third-order valence-corrected chi connectivity index (χ3v) is 2.35. The van der Waals surface area contributed by atoms with Crippen LogP contribution in [0.3, 0.4) is 0 Å². The Morgan fingerprint density at radius 3 is 1.50 bits per heavy atom. The van der Waals surface area contributed by atoms with Gasteiger partial charge in [-0.2, -0.15) is 0 Å². The van der Waals surface area contributed by atoms with Gasteiger partial charge in [-0.15, -0.1) is 0 Å². The minimum Gasteiger partial charge on any atom is -0.460 e. The lowest BCUT2D eigenvalue weighted by Gasteiger charge is -2.17. The molecule has 4 nitrogen and oxygen atoms in total. The van der Waals surface area contributed by atoms with Gasteiger partial charge in [0.05, 0.1) is 23.4 Å². The molecular weight excluding hydrogens is 232 g/mol. The summed E-state index contributed by atoms with van der Waals surface area (Å²) in [6, 6.07) is 0. The van der Waals surface area contributed by atoms with Crippen LogP contribution in [-0.4, -0.2) is 24.1 Å². The lowest BCUT2D eigenvalue weighted by Crippen LogP contribution is -2.21. The Kier molecular flexibility index (Phi) is 5.13. The van der Waals surface area contributed by atoms with Gasteiger partial charge in [0.25, 0.3) is 0 Å². The van der Waals surface area contributed by atoms with E-state index in [0.29, 0.717) is 24.0 Å². The molecule has 0 aromatic heterocycles. The van der Waals surface area contributed by atoms with Crippen LogP contribution in [0.25, 0.3) is 0 Å². The molecule has 1 aliphatic rings. The molecule has 4 heteroatoms. The predicted molar refractivity (Wildman–Crippen MR) is 67.9 cm³/mol. The zero-order valence-corrected chi connectivity index (χ0v) is 11.4. The second kappa shape index (κ2) is 6.38. The summed E-state index contributed by atoms with van der Waals surface area (Å²) in [6.07, 6.45) is 4.19. The number of rotatable bonds is 4. The van der Waals surface area contributed by atoms with Crippen molar-refractivity contribution < 1.29 is 19.1 Å². The van der Waals surface area contributed by atoms with Crippen molar-refractivity contribution in [2.45, 2.75) is 52.7 Å². The Hall–Kier alpha value is -1.58. The first-order chi connectivity index (χ1) is 8.41. The lowest BCUT2D eigenvalue weighted by molar-refractivity contribution is -0.146. The molecular formula is C14H20O4. The van der Waals surface area contributed by atoms with Gasteiger partial charge >= 0.3 is 11.9 Å². The van der Waals surface area contributed by atoms with Crippen molar-refractivity contribution in [2.24, 2.45) is 0 Å². The van der Waals surface area contributed by atoms with Gasteiger partial charge in [-0.25, -0.2) is 9.59 Å². The Labute approximate surface area is 108 Å². The van der Waals surface area contributed by atoms with E-state index < -0.39 is 11.9 Å². The minimum atomic E-state index is -0.426. The van der Waals surface area contributed by atoms with Crippen molar-refractivity contribution in [1.82, 2.24) is 0 Å². The van der Waals surface area contributed by atoms with E-state index in [2.05, 4.69) is 0 Å². The summed E-state index contributed by atoms with van der Waals surface area (Å²) in [5.74, 6) is -0.852. The van der Waals surface area contributed by atoms with Crippen molar-refractivity contribution in [3.05, 3.63) is 23.3 Å². The highest BCUT2D eigenvalue weighted by Crippen LogP contribution is 2.23. The molecule has 1 aliphatic carbocycles. The van der Waals surface area contributed by atoms with Crippen LogP contribution < -0.4 is 0 Å². The van der Waals surface area contributed by atoms with E-state index >= 15 is 0 Å². The van der Waals surface area contributed by atoms with Gasteiger partial charge in [0.15, 0.2) is 0 Å². The van der Waals surface area contributed by atoms with Crippen molar-refractivity contribution in [1.29, 1.82) is 0 Å². The van der Waals surface area contributed by atoms with Crippen molar-refractivity contribution in [2.75, 3.05) is 0 Å². The average molecular weight is 252 g/mol. The first kappa shape index (κ1) is 14.5. The maximum Gasteiger partial charge on any atom is 0.335 e. The zero-order chi connectivity index (χ0) is 13.7. The first-order valence-corrected chi connectivity index (χ1v) is 6.20. The number of carbonyl (C=O) groups is 2. The summed E-state index contributed by atoms with van der Waals surface area (Å²) in [5, 5.41) is 0. The van der Waals surface area contributed by atoms with Crippen LogP contribution in [0.2, 0.25) is 0 Å². The summed E-state index contributed by atoms with van der Waals surface area (Å²) in [5.41, 5.74) is 0.828. The van der Waals surface area contributed by atoms with Gasteiger partial charge in [0.2, 0.25) is 0 Å². The molecule has 0 atom stereocenters. The number of allylic oxidation sites excluding steroid dienone is 2. The fourth-order valence-corrected chi connectivity index (χ4v) is 1.63. The molecule has 0 radical (unpaired) electrons. The third kappa shape index (κ3) is 4.02. The number of esters is 2. The molecule has 0 aliphatic heterocycles. The number of ether oxygens (including phenoxy) is 2. The summed E-state index contributed by atoms with van der Waals surface area (Å²) in [7, 11) is 0. The second-order valence-corrected chi connectivity index (χ2v) is 4.74. The normalized spacial score (nSPS) is 15.2. The Morgan fingerprint density at radius 2 is 1.22 bits per heavy atom. The minimum absolute atomic E-state index is 0.196. The van der Waals surface area contributed by atoms with Gasteiger partial charge < -0.3 is 9.47 Å². The molecule has 0 N–H and O–H groups in total. The lowest BCUT2D eigenvalue weighted by atomic mass is 9.97. The molecule has 0 heterocycles. The number of hydrogen-bond acceptors (Lipinski definition) is 4. The fraction of sp³-hybridized carbons (Fsp3) is 0.571. The molecule has 0 unspecified atom stereocenters. The van der Waals surface area contributed by atoms with E-state index in [-0.39, 0.29) is 12.2 Å². The Morgan fingerprint density at radius 1 is 0.889 bits per heavy atom. The standard InChI is InChI=1S/C14H20O4/c1-9(2)17-13(15)11-7-5-6-8-12(11)14(16)18-10(3)4/h5-6,9-10H,7-8H2,1-4H3. The monoisotopic (exact) mass is 252 g/mol. The van der Waals surface area contributed by atoms with Gasteiger partial charge in [-0.1, -0.05) is 12.2 Å². The molecule has 0 saturated heterocycles. The van der Waals surface area contributed by atoms with E-state index in [1.165, 1.54) is 0 Å². The highest BCUT2D eigenvalue weighted by atomic mass is 16.5. The Balaban J connectivity index is 2.89. The second-order valence-electron chi connectivity index (χ2n) is 4.74. The molecule has 0 spiro atoms. The molecule has 0 saturated carbocycles. The average Bonchev–Trinajstić information content (AvgIpc) is 2.27. The first-order valence-electron chi connectivity index (χ1n) is 6.20. The van der Waals surface area contributed by atoms with Crippen LogP contribution in [0.4, 0.5) is 0 Å². The predicted octanol–water partition coefficient (Wildman–Crippen LogP) is 2.54. The van der Waals surface area contributed by atoms with Crippen LogP contribution >= 0.6 is 0 Å². The van der Waals surface area contributed by atoms with Gasteiger partial charge in [-0.3, -0.25) is 0 Å². The molecule has 100 valence electrons.